The largest absolute Gasteiger partial charge is 0.456 e. The van der Waals surface area contributed by atoms with Crippen molar-refractivity contribution in [2.75, 3.05) is 0 Å². The van der Waals surface area contributed by atoms with E-state index in [0.717, 1.165) is 55.3 Å². The highest BCUT2D eigenvalue weighted by Crippen LogP contribution is 2.39. The molecule has 0 radical (unpaired) electrons. The molecular weight excluding hydrogens is 623 g/mol. The van der Waals surface area contributed by atoms with Gasteiger partial charge in [0.15, 0.2) is 17.5 Å². The van der Waals surface area contributed by atoms with Gasteiger partial charge < -0.3 is 4.42 Å². The number of furan rings is 1. The molecule has 4 heteroatoms. The van der Waals surface area contributed by atoms with Crippen molar-refractivity contribution in [2.45, 2.75) is 0 Å². The van der Waals surface area contributed by atoms with Gasteiger partial charge in [0.1, 0.15) is 11.2 Å². The summed E-state index contributed by atoms with van der Waals surface area (Å²) in [7, 11) is 0. The Morgan fingerprint density at radius 2 is 0.882 bits per heavy atom. The van der Waals surface area contributed by atoms with Crippen LogP contribution in [0.2, 0.25) is 0 Å². The number of fused-ring (bicyclic) bond motifs is 6. The summed E-state index contributed by atoms with van der Waals surface area (Å²) < 4.78 is 6.40. The highest BCUT2D eigenvalue weighted by Gasteiger charge is 2.16. The maximum Gasteiger partial charge on any atom is 0.164 e. The maximum atomic E-state index is 6.40. The zero-order valence-corrected chi connectivity index (χ0v) is 27.5. The average molecular weight is 652 g/mol. The Hall–Kier alpha value is -6.91. The Labute approximate surface area is 294 Å². The van der Waals surface area contributed by atoms with Crippen molar-refractivity contribution >= 4 is 43.5 Å². The lowest BCUT2D eigenvalue weighted by Gasteiger charge is -2.11. The fourth-order valence-corrected chi connectivity index (χ4v) is 7.17. The van der Waals surface area contributed by atoms with Gasteiger partial charge in [0.2, 0.25) is 0 Å². The molecule has 51 heavy (non-hydrogen) atoms. The quantitative estimate of drug-likeness (QED) is 0.174. The molecular formula is C47H29N3O. The number of hydrogen-bond donors (Lipinski definition) is 0. The topological polar surface area (TPSA) is 51.8 Å². The summed E-state index contributed by atoms with van der Waals surface area (Å²) in [6.45, 7) is 0. The molecule has 10 aromatic rings. The van der Waals surface area contributed by atoms with Gasteiger partial charge in [-0.3, -0.25) is 0 Å². The Balaban J connectivity index is 1.07. The number of hydrogen-bond acceptors (Lipinski definition) is 4. The molecule has 10 rings (SSSR count). The lowest BCUT2D eigenvalue weighted by Crippen LogP contribution is -2.00. The fourth-order valence-electron chi connectivity index (χ4n) is 7.17. The molecule has 0 saturated carbocycles. The predicted octanol–water partition coefficient (Wildman–Crippen LogP) is 12.4. The van der Waals surface area contributed by atoms with E-state index in [1.54, 1.807) is 0 Å². The van der Waals surface area contributed by atoms with Crippen molar-refractivity contribution in [2.24, 2.45) is 0 Å². The first-order valence-corrected chi connectivity index (χ1v) is 17.1. The second kappa shape index (κ2) is 11.9. The molecule has 0 fully saturated rings. The number of rotatable bonds is 5. The van der Waals surface area contributed by atoms with E-state index in [-0.39, 0.29) is 0 Å². The molecule has 2 heterocycles. The van der Waals surface area contributed by atoms with Gasteiger partial charge in [0.05, 0.1) is 0 Å². The maximum absolute atomic E-state index is 6.40. The van der Waals surface area contributed by atoms with Gasteiger partial charge in [0.25, 0.3) is 0 Å². The van der Waals surface area contributed by atoms with Crippen LogP contribution in [0, 0.1) is 0 Å². The Morgan fingerprint density at radius 3 is 1.65 bits per heavy atom. The van der Waals surface area contributed by atoms with Crippen molar-refractivity contribution in [3.05, 3.63) is 176 Å². The molecule has 0 aliphatic rings. The molecule has 0 saturated heterocycles. The van der Waals surface area contributed by atoms with Crippen molar-refractivity contribution in [3.63, 3.8) is 0 Å². The lowest BCUT2D eigenvalue weighted by molar-refractivity contribution is 0.669. The van der Waals surface area contributed by atoms with Crippen LogP contribution >= 0.6 is 0 Å². The number of nitrogens with zero attached hydrogens (tertiary/aromatic N) is 3. The summed E-state index contributed by atoms with van der Waals surface area (Å²) in [5.41, 5.74) is 9.08. The van der Waals surface area contributed by atoms with Crippen molar-refractivity contribution in [3.8, 4) is 56.4 Å². The second-order valence-corrected chi connectivity index (χ2v) is 12.8. The summed E-state index contributed by atoms with van der Waals surface area (Å²) in [5, 5.41) is 6.99. The predicted molar refractivity (Wildman–Crippen MR) is 209 cm³/mol. The molecule has 4 nitrogen and oxygen atoms in total. The summed E-state index contributed by atoms with van der Waals surface area (Å²) in [4.78, 5) is 15.1. The highest BCUT2D eigenvalue weighted by atomic mass is 16.3. The third-order valence-corrected chi connectivity index (χ3v) is 9.73. The van der Waals surface area contributed by atoms with E-state index in [1.165, 1.54) is 27.1 Å². The first kappa shape index (κ1) is 29.0. The molecule has 0 atom stereocenters. The van der Waals surface area contributed by atoms with Crippen LogP contribution in [-0.2, 0) is 0 Å². The van der Waals surface area contributed by atoms with Crippen LogP contribution in [-0.4, -0.2) is 15.0 Å². The second-order valence-electron chi connectivity index (χ2n) is 12.8. The fraction of sp³-hybridized carbons (Fsp3) is 0. The molecule has 2 aromatic heterocycles. The van der Waals surface area contributed by atoms with Gasteiger partial charge in [-0.25, -0.2) is 15.0 Å². The van der Waals surface area contributed by atoms with Crippen molar-refractivity contribution < 1.29 is 4.42 Å². The monoisotopic (exact) mass is 651 g/mol. The normalized spacial score (nSPS) is 11.5. The lowest BCUT2D eigenvalue weighted by atomic mass is 9.97. The van der Waals surface area contributed by atoms with Gasteiger partial charge in [-0.1, -0.05) is 152 Å². The standard InChI is InChI=1S/C47H29N3O/c1-3-10-30(11-4-1)36-26-27-40-43(29-36)51-42-17-9-16-39(44(40)42)32-20-23-35(24-21-32)46-48-45(34-13-5-2-6-14-34)49-47(50-46)37-25-22-33-19-18-31-12-7-8-15-38(31)41(33)28-37/h1-29H. The summed E-state index contributed by atoms with van der Waals surface area (Å²) in [5.74, 6) is 1.91. The summed E-state index contributed by atoms with van der Waals surface area (Å²) in [6.07, 6.45) is 0. The molecule has 0 amide bonds. The molecule has 0 aliphatic heterocycles. The summed E-state index contributed by atoms with van der Waals surface area (Å²) in [6, 6.07) is 61.1. The van der Waals surface area contributed by atoms with E-state index in [1.807, 2.05) is 42.5 Å². The highest BCUT2D eigenvalue weighted by molar-refractivity contribution is 6.13. The van der Waals surface area contributed by atoms with E-state index in [2.05, 4.69) is 133 Å². The smallest absolute Gasteiger partial charge is 0.164 e. The van der Waals surface area contributed by atoms with Gasteiger partial charge in [-0.2, -0.15) is 0 Å². The van der Waals surface area contributed by atoms with E-state index in [4.69, 9.17) is 19.4 Å². The molecule has 0 bridgehead atoms. The van der Waals surface area contributed by atoms with Crippen LogP contribution in [0.25, 0.3) is 99.9 Å². The van der Waals surface area contributed by atoms with Gasteiger partial charge >= 0.3 is 0 Å². The van der Waals surface area contributed by atoms with Crippen LogP contribution in [0.3, 0.4) is 0 Å². The van der Waals surface area contributed by atoms with Gasteiger partial charge in [-0.05, 0) is 68.1 Å². The van der Waals surface area contributed by atoms with Crippen molar-refractivity contribution in [1.82, 2.24) is 15.0 Å². The number of aromatic nitrogens is 3. The van der Waals surface area contributed by atoms with E-state index < -0.39 is 0 Å². The van der Waals surface area contributed by atoms with Crippen LogP contribution in [0.1, 0.15) is 0 Å². The van der Waals surface area contributed by atoms with E-state index >= 15 is 0 Å². The first-order valence-electron chi connectivity index (χ1n) is 17.1. The minimum absolute atomic E-state index is 0.629. The Bertz CT molecular complexity index is 2900. The minimum Gasteiger partial charge on any atom is -0.456 e. The number of benzene rings is 8. The zero-order valence-electron chi connectivity index (χ0n) is 27.5. The van der Waals surface area contributed by atoms with Crippen LogP contribution in [0.15, 0.2) is 180 Å². The van der Waals surface area contributed by atoms with Gasteiger partial charge in [0, 0.05) is 27.5 Å². The van der Waals surface area contributed by atoms with Crippen LogP contribution < -0.4 is 0 Å². The zero-order chi connectivity index (χ0) is 33.7. The average Bonchev–Trinajstić information content (AvgIpc) is 3.59. The third kappa shape index (κ3) is 5.13. The minimum atomic E-state index is 0.629. The Kier molecular flexibility index (Phi) is 6.78. The molecule has 0 N–H and O–H groups in total. The third-order valence-electron chi connectivity index (χ3n) is 9.73. The molecule has 0 aliphatic carbocycles. The van der Waals surface area contributed by atoms with Crippen molar-refractivity contribution in [1.29, 1.82) is 0 Å². The molecule has 0 unspecified atom stereocenters. The van der Waals surface area contributed by atoms with Crippen LogP contribution in [0.4, 0.5) is 0 Å². The molecule has 0 spiro atoms. The Morgan fingerprint density at radius 1 is 0.314 bits per heavy atom. The molecule has 8 aromatic carbocycles. The SMILES string of the molecule is c1ccc(-c2ccc3c(c2)oc2cccc(-c4ccc(-c5nc(-c6ccccc6)nc(-c6ccc7ccc8ccccc8c7c6)n5)cc4)c23)cc1. The van der Waals surface area contributed by atoms with E-state index in [9.17, 15) is 0 Å². The van der Waals surface area contributed by atoms with Gasteiger partial charge in [-0.15, -0.1) is 0 Å². The summed E-state index contributed by atoms with van der Waals surface area (Å²) >= 11 is 0. The van der Waals surface area contributed by atoms with Crippen LogP contribution in [0.5, 0.6) is 0 Å². The van der Waals surface area contributed by atoms with E-state index in [0.29, 0.717) is 17.5 Å². The molecule has 238 valence electrons. The first-order chi connectivity index (χ1) is 25.2.